The molecule has 36 heavy (non-hydrogen) atoms. The van der Waals surface area contributed by atoms with Crippen LogP contribution in [0.2, 0.25) is 0 Å². The molecule has 0 spiro atoms. The van der Waals surface area contributed by atoms with E-state index in [4.69, 9.17) is 0 Å². The van der Waals surface area contributed by atoms with Crippen molar-refractivity contribution in [3.05, 3.63) is 64.7 Å². The van der Waals surface area contributed by atoms with Crippen LogP contribution >= 0.6 is 11.3 Å². The smallest absolute Gasteiger partial charge is 0.160 e. The van der Waals surface area contributed by atoms with Gasteiger partial charge in [0.1, 0.15) is 11.5 Å². The van der Waals surface area contributed by atoms with Crippen molar-refractivity contribution in [2.45, 2.75) is 73.6 Å². The number of carbonyl (C=O) groups excluding carboxylic acids is 1. The van der Waals surface area contributed by atoms with Crippen molar-refractivity contribution < 1.29 is 9.18 Å². The molecule has 0 saturated heterocycles. The summed E-state index contributed by atoms with van der Waals surface area (Å²) in [6.45, 7) is 13.3. The number of benzene rings is 1. The Morgan fingerprint density at radius 3 is 2.14 bits per heavy atom. The summed E-state index contributed by atoms with van der Waals surface area (Å²) in [5.74, 6) is 1.63. The molecule has 3 aromatic heterocycles. The van der Waals surface area contributed by atoms with Gasteiger partial charge in [0.2, 0.25) is 0 Å². The van der Waals surface area contributed by atoms with Crippen LogP contribution in [0, 0.1) is 17.7 Å². The molecule has 0 aliphatic carbocycles. The van der Waals surface area contributed by atoms with Crippen LogP contribution in [-0.4, -0.2) is 16.3 Å². The van der Waals surface area contributed by atoms with E-state index in [9.17, 15) is 9.18 Å². The monoisotopic (exact) mass is 508 g/mol. The highest BCUT2D eigenvalue weighted by Gasteiger charge is 2.08. The third-order valence-electron chi connectivity index (χ3n) is 6.48. The molecular formula is C31H41FN2OS. The molecule has 5 heteroatoms. The predicted octanol–water partition coefficient (Wildman–Crippen LogP) is 10.2. The Kier molecular flexibility index (Phi) is 12.6. The maximum Gasteiger partial charge on any atom is 0.160 e. The van der Waals surface area contributed by atoms with Gasteiger partial charge in [-0.3, -0.25) is 4.79 Å². The number of nitrogens with zero attached hydrogens (tertiary/aromatic N) is 1. The van der Waals surface area contributed by atoms with Gasteiger partial charge >= 0.3 is 0 Å². The minimum Gasteiger partial charge on any atom is -0.339 e. The quantitative estimate of drug-likeness (QED) is 0.229. The van der Waals surface area contributed by atoms with Crippen molar-refractivity contribution in [3.63, 3.8) is 0 Å². The molecule has 4 rings (SSSR count). The van der Waals surface area contributed by atoms with Crippen molar-refractivity contribution in [1.82, 2.24) is 9.97 Å². The predicted molar refractivity (Wildman–Crippen MR) is 154 cm³/mol. The van der Waals surface area contributed by atoms with Crippen LogP contribution in [0.5, 0.6) is 0 Å². The first-order valence-electron chi connectivity index (χ1n) is 13.2. The van der Waals surface area contributed by atoms with Gasteiger partial charge in [-0.25, -0.2) is 9.37 Å². The van der Waals surface area contributed by atoms with Gasteiger partial charge in [-0.05, 0) is 70.8 Å². The molecule has 0 amide bonds. The second-order valence-corrected chi connectivity index (χ2v) is 10.1. The van der Waals surface area contributed by atoms with Crippen molar-refractivity contribution in [3.8, 4) is 22.4 Å². The average Bonchev–Trinajstić information content (AvgIpc) is 3.57. The van der Waals surface area contributed by atoms with Gasteiger partial charge in [0.05, 0.1) is 4.88 Å². The van der Waals surface area contributed by atoms with Crippen molar-refractivity contribution in [2.75, 3.05) is 0 Å². The van der Waals surface area contributed by atoms with Crippen molar-refractivity contribution >= 4 is 28.7 Å². The summed E-state index contributed by atoms with van der Waals surface area (Å²) >= 11 is 1.41. The number of nitrogens with one attached hydrogen (secondary N) is 1. The van der Waals surface area contributed by atoms with E-state index in [1.54, 1.807) is 18.3 Å². The van der Waals surface area contributed by atoms with Crippen molar-refractivity contribution in [1.29, 1.82) is 0 Å². The number of hydrogen-bond acceptors (Lipinski definition) is 3. The zero-order valence-corrected chi connectivity index (χ0v) is 23.4. The minimum atomic E-state index is -0.256. The van der Waals surface area contributed by atoms with Gasteiger partial charge in [0.25, 0.3) is 0 Å². The molecule has 1 unspecified atom stereocenters. The fourth-order valence-corrected chi connectivity index (χ4v) is 4.46. The summed E-state index contributed by atoms with van der Waals surface area (Å²) in [5, 5.41) is 2.92. The number of hydrogen-bond donors (Lipinski definition) is 1. The Bertz CT molecular complexity index is 1170. The van der Waals surface area contributed by atoms with Gasteiger partial charge in [-0.1, -0.05) is 73.6 Å². The Morgan fingerprint density at radius 1 is 0.944 bits per heavy atom. The van der Waals surface area contributed by atoms with Crippen LogP contribution in [0.4, 0.5) is 4.39 Å². The normalized spacial score (nSPS) is 12.2. The Balaban J connectivity index is 0.000000300. The van der Waals surface area contributed by atoms with E-state index in [0.717, 1.165) is 51.5 Å². The number of pyridine rings is 1. The molecule has 0 bridgehead atoms. The van der Waals surface area contributed by atoms with Gasteiger partial charge in [-0.15, -0.1) is 11.3 Å². The second kappa shape index (κ2) is 15.4. The lowest BCUT2D eigenvalue weighted by atomic mass is 9.96. The van der Waals surface area contributed by atoms with E-state index >= 15 is 0 Å². The first-order chi connectivity index (χ1) is 17.4. The maximum absolute atomic E-state index is 13.0. The van der Waals surface area contributed by atoms with Crippen LogP contribution in [0.25, 0.3) is 33.4 Å². The summed E-state index contributed by atoms with van der Waals surface area (Å²) in [5.41, 5.74) is 4.52. The maximum atomic E-state index is 13.0. The highest BCUT2D eigenvalue weighted by Crippen LogP contribution is 2.29. The van der Waals surface area contributed by atoms with Crippen LogP contribution in [-0.2, 0) is 0 Å². The lowest BCUT2D eigenvalue weighted by molar-refractivity contribution is 0.112. The highest BCUT2D eigenvalue weighted by molar-refractivity contribution is 7.12. The standard InChI is InChI=1S/C18H11FN2OS.C11H24.C2H6/c19-15-3-1-11(2-4-15)17-7-12-5-13(8-20-18(12)21-17)14-6-16(9-22)23-10-14;1-5-10(3)8-7-9-11(4)6-2;1-2/h1-10H,(H,20,21);10-11H,5-9H2,1-4H3;1-2H3/t;10-,11?;/m.0./s1. The fourth-order valence-electron chi connectivity index (χ4n) is 3.75. The van der Waals surface area contributed by atoms with E-state index in [2.05, 4.69) is 37.7 Å². The van der Waals surface area contributed by atoms with Gasteiger partial charge in [-0.2, -0.15) is 0 Å². The van der Waals surface area contributed by atoms with Crippen LogP contribution in [0.15, 0.2) is 54.0 Å². The number of aromatic amines is 1. The van der Waals surface area contributed by atoms with E-state index in [-0.39, 0.29) is 5.82 Å². The highest BCUT2D eigenvalue weighted by atomic mass is 32.1. The Hall–Kier alpha value is -2.79. The number of fused-ring (bicyclic) bond motifs is 1. The average molecular weight is 509 g/mol. The molecule has 0 saturated carbocycles. The van der Waals surface area contributed by atoms with Crippen molar-refractivity contribution in [2.24, 2.45) is 11.8 Å². The third-order valence-corrected chi connectivity index (χ3v) is 7.34. The molecule has 4 aromatic rings. The number of rotatable bonds is 9. The molecule has 1 aromatic carbocycles. The summed E-state index contributed by atoms with van der Waals surface area (Å²) in [6, 6.07) is 12.2. The lowest BCUT2D eigenvalue weighted by Gasteiger charge is -2.10. The molecule has 0 radical (unpaired) electrons. The van der Waals surface area contributed by atoms with Gasteiger partial charge < -0.3 is 4.98 Å². The molecule has 1 N–H and O–H groups in total. The van der Waals surface area contributed by atoms with E-state index in [0.29, 0.717) is 4.88 Å². The Morgan fingerprint density at radius 2 is 1.58 bits per heavy atom. The molecule has 0 aliphatic rings. The number of thiophene rings is 1. The number of aldehydes is 1. The zero-order chi connectivity index (χ0) is 26.5. The molecule has 194 valence electrons. The summed E-state index contributed by atoms with van der Waals surface area (Å²) < 4.78 is 13.0. The molecular weight excluding hydrogens is 467 g/mol. The first-order valence-corrected chi connectivity index (χ1v) is 14.1. The summed E-state index contributed by atoms with van der Waals surface area (Å²) in [4.78, 5) is 19.2. The third kappa shape index (κ3) is 8.70. The molecule has 0 fully saturated rings. The first kappa shape index (κ1) is 29.4. The lowest BCUT2D eigenvalue weighted by Crippen LogP contribution is -1.96. The van der Waals surface area contributed by atoms with E-state index in [1.165, 1.54) is 55.6 Å². The van der Waals surface area contributed by atoms with Crippen LogP contribution < -0.4 is 0 Å². The number of halogens is 1. The Labute approximate surface area is 220 Å². The molecule has 3 nitrogen and oxygen atoms in total. The molecule has 2 atom stereocenters. The topological polar surface area (TPSA) is 45.8 Å². The van der Waals surface area contributed by atoms with E-state index in [1.807, 2.05) is 37.4 Å². The fraction of sp³-hybridized carbons (Fsp3) is 0.419. The van der Waals surface area contributed by atoms with Gasteiger partial charge in [0, 0.05) is 22.8 Å². The zero-order valence-electron chi connectivity index (χ0n) is 22.6. The summed E-state index contributed by atoms with van der Waals surface area (Å²) in [6.07, 6.45) is 9.62. The number of carbonyl (C=O) groups is 1. The summed E-state index contributed by atoms with van der Waals surface area (Å²) in [7, 11) is 0. The second-order valence-electron chi connectivity index (χ2n) is 9.17. The number of H-pyrrole nitrogens is 1. The number of aromatic nitrogens is 2. The van der Waals surface area contributed by atoms with E-state index < -0.39 is 0 Å². The minimum absolute atomic E-state index is 0.256. The molecule has 3 heterocycles. The molecule has 0 aliphatic heterocycles. The van der Waals surface area contributed by atoms with Gasteiger partial charge in [0.15, 0.2) is 6.29 Å². The van der Waals surface area contributed by atoms with Crippen LogP contribution in [0.1, 0.15) is 83.3 Å². The SMILES string of the molecule is CC.CCC(C)CCC[C@@H](C)CC.O=Cc1cc(-c2cnc3[nH]c(-c4ccc(F)cc4)cc3c2)cs1. The largest absolute Gasteiger partial charge is 0.339 e. The van der Waals surface area contributed by atoms with Crippen LogP contribution in [0.3, 0.4) is 0 Å².